The molecule has 0 radical (unpaired) electrons. The number of β-amino-alcohol motifs (C(OH)–C–C–N with tert-alkyl or cyclic N) is 1. The molecule has 0 aromatic rings. The van der Waals surface area contributed by atoms with Crippen LogP contribution < -0.4 is 0 Å². The topological polar surface area (TPSA) is 23.5 Å². The van der Waals surface area contributed by atoms with Crippen LogP contribution in [0.25, 0.3) is 0 Å². The van der Waals surface area contributed by atoms with Crippen LogP contribution in [-0.4, -0.2) is 33.1 Å². The Morgan fingerprint density at radius 2 is 2.22 bits per heavy atom. The minimum atomic E-state index is -0.224. The van der Waals surface area contributed by atoms with Crippen LogP contribution in [0.3, 0.4) is 0 Å². The molecule has 54 valence electrons. The first-order valence-electron chi connectivity index (χ1n) is 2.93. The molecule has 0 aromatic heterocycles. The van der Waals surface area contributed by atoms with Crippen molar-refractivity contribution in [2.45, 2.75) is 17.4 Å². The van der Waals surface area contributed by atoms with Crippen molar-refractivity contribution in [2.75, 3.05) is 13.1 Å². The third-order valence-electron chi connectivity index (χ3n) is 1.45. The van der Waals surface area contributed by atoms with Gasteiger partial charge in [0.15, 0.2) is 0 Å². The monoisotopic (exact) mass is 257 g/mol. The lowest BCUT2D eigenvalue weighted by Gasteiger charge is -2.28. The van der Waals surface area contributed by atoms with Gasteiger partial charge < -0.3 is 5.11 Å². The van der Waals surface area contributed by atoms with E-state index in [2.05, 4.69) is 32.1 Å². The Hall–Kier alpha value is 0.880. The number of hydrogen-bond donors (Lipinski definition) is 1. The number of aliphatic hydroxyl groups excluding tert-OH is 1. The molecule has 1 aliphatic heterocycles. The fourth-order valence-electron chi connectivity index (χ4n) is 0.864. The second-order valence-corrected chi connectivity index (χ2v) is 4.42. The van der Waals surface area contributed by atoms with Crippen LogP contribution in [0.4, 0.5) is 0 Å². The SMILES string of the molecule is O[C@@H]1CN(Br)CC[C@H]1Br. The molecule has 1 saturated heterocycles. The predicted molar refractivity (Wildman–Crippen MR) is 43.8 cm³/mol. The summed E-state index contributed by atoms with van der Waals surface area (Å²) in [5, 5.41) is 9.23. The summed E-state index contributed by atoms with van der Waals surface area (Å²) in [4.78, 5) is 0.284. The second-order valence-electron chi connectivity index (χ2n) is 2.24. The van der Waals surface area contributed by atoms with E-state index < -0.39 is 0 Å². The Labute approximate surface area is 71.7 Å². The quantitative estimate of drug-likeness (QED) is 0.520. The van der Waals surface area contributed by atoms with Crippen LogP contribution in [0.2, 0.25) is 0 Å². The van der Waals surface area contributed by atoms with Crippen molar-refractivity contribution in [3.8, 4) is 0 Å². The van der Waals surface area contributed by atoms with Crippen molar-refractivity contribution in [3.63, 3.8) is 0 Å². The highest BCUT2D eigenvalue weighted by atomic mass is 79.9. The van der Waals surface area contributed by atoms with Crippen molar-refractivity contribution >= 4 is 32.1 Å². The van der Waals surface area contributed by atoms with Crippen LogP contribution >= 0.6 is 32.1 Å². The fraction of sp³-hybridized carbons (Fsp3) is 1.00. The molecule has 0 spiro atoms. The van der Waals surface area contributed by atoms with Gasteiger partial charge in [-0.3, -0.25) is 0 Å². The number of alkyl halides is 1. The molecule has 9 heavy (non-hydrogen) atoms. The molecule has 4 heteroatoms. The van der Waals surface area contributed by atoms with Gasteiger partial charge in [0, 0.05) is 34.1 Å². The molecule has 1 N–H and O–H groups in total. The highest BCUT2D eigenvalue weighted by molar-refractivity contribution is 9.09. The summed E-state index contributed by atoms with van der Waals surface area (Å²) in [7, 11) is 0. The fourth-order valence-corrected chi connectivity index (χ4v) is 1.74. The van der Waals surface area contributed by atoms with E-state index in [1.54, 1.807) is 0 Å². The van der Waals surface area contributed by atoms with Crippen molar-refractivity contribution in [1.82, 2.24) is 3.93 Å². The largest absolute Gasteiger partial charge is 0.391 e. The zero-order valence-corrected chi connectivity index (χ0v) is 8.10. The summed E-state index contributed by atoms with van der Waals surface area (Å²) in [6, 6.07) is 0. The smallest absolute Gasteiger partial charge is 0.0801 e. The molecule has 1 rings (SSSR count). The Balaban J connectivity index is 2.35. The Morgan fingerprint density at radius 1 is 1.56 bits per heavy atom. The summed E-state index contributed by atoms with van der Waals surface area (Å²) in [6.07, 6.45) is 0.782. The molecule has 0 bridgehead atoms. The summed E-state index contributed by atoms with van der Waals surface area (Å²) in [5.74, 6) is 0. The first-order valence-corrected chi connectivity index (χ1v) is 4.55. The lowest BCUT2D eigenvalue weighted by Crippen LogP contribution is -2.39. The molecule has 0 aromatic carbocycles. The van der Waals surface area contributed by atoms with Gasteiger partial charge in [-0.1, -0.05) is 15.9 Å². The standard InChI is InChI=1S/C5H9Br2NO/c6-4-1-2-8(7)3-5(4)9/h4-5,9H,1-3H2/t4-,5-/m1/s1. The molecule has 0 amide bonds. The Kier molecular flexibility index (Phi) is 2.95. The summed E-state index contributed by atoms with van der Waals surface area (Å²) < 4.78 is 1.95. The normalized spacial score (nSPS) is 39.0. The van der Waals surface area contributed by atoms with Gasteiger partial charge in [-0.25, -0.2) is 3.93 Å². The minimum Gasteiger partial charge on any atom is -0.391 e. The average molecular weight is 259 g/mol. The highest BCUT2D eigenvalue weighted by Crippen LogP contribution is 2.19. The van der Waals surface area contributed by atoms with Gasteiger partial charge in [0.1, 0.15) is 0 Å². The van der Waals surface area contributed by atoms with Crippen molar-refractivity contribution in [2.24, 2.45) is 0 Å². The molecule has 0 unspecified atom stereocenters. The summed E-state index contributed by atoms with van der Waals surface area (Å²) in [6.45, 7) is 1.73. The summed E-state index contributed by atoms with van der Waals surface area (Å²) in [5.41, 5.74) is 0. The van der Waals surface area contributed by atoms with Crippen molar-refractivity contribution in [3.05, 3.63) is 0 Å². The van der Waals surface area contributed by atoms with E-state index >= 15 is 0 Å². The Bertz CT molecular complexity index is 101. The van der Waals surface area contributed by atoms with E-state index in [4.69, 9.17) is 0 Å². The van der Waals surface area contributed by atoms with Gasteiger partial charge in [-0.15, -0.1) is 0 Å². The van der Waals surface area contributed by atoms with Crippen LogP contribution in [-0.2, 0) is 0 Å². The molecule has 2 atom stereocenters. The molecule has 1 heterocycles. The van der Waals surface area contributed by atoms with Gasteiger partial charge in [0.2, 0.25) is 0 Å². The van der Waals surface area contributed by atoms with Crippen LogP contribution in [0, 0.1) is 0 Å². The number of piperidine rings is 1. The molecule has 1 fully saturated rings. The maximum Gasteiger partial charge on any atom is 0.0801 e. The zero-order valence-electron chi connectivity index (χ0n) is 4.93. The van der Waals surface area contributed by atoms with Gasteiger partial charge in [-0.05, 0) is 6.42 Å². The van der Waals surface area contributed by atoms with E-state index in [0.717, 1.165) is 19.5 Å². The maximum atomic E-state index is 9.23. The number of hydrogen-bond acceptors (Lipinski definition) is 2. The summed E-state index contributed by atoms with van der Waals surface area (Å²) >= 11 is 6.69. The van der Waals surface area contributed by atoms with E-state index in [-0.39, 0.29) is 10.9 Å². The number of aliphatic hydroxyl groups is 1. The predicted octanol–water partition coefficient (Wildman–Crippen LogP) is 1.13. The van der Waals surface area contributed by atoms with Crippen LogP contribution in [0.1, 0.15) is 6.42 Å². The van der Waals surface area contributed by atoms with Gasteiger partial charge in [-0.2, -0.15) is 0 Å². The van der Waals surface area contributed by atoms with E-state index in [1.807, 2.05) is 3.93 Å². The van der Waals surface area contributed by atoms with Gasteiger partial charge >= 0.3 is 0 Å². The minimum absolute atomic E-state index is 0.224. The van der Waals surface area contributed by atoms with Gasteiger partial charge in [0.25, 0.3) is 0 Å². The Morgan fingerprint density at radius 3 is 2.67 bits per heavy atom. The second kappa shape index (κ2) is 3.32. The molecule has 1 aliphatic rings. The van der Waals surface area contributed by atoms with E-state index in [0.29, 0.717) is 0 Å². The van der Waals surface area contributed by atoms with Crippen LogP contribution in [0.5, 0.6) is 0 Å². The maximum absolute atomic E-state index is 9.23. The lowest BCUT2D eigenvalue weighted by atomic mass is 10.1. The molecule has 0 saturated carbocycles. The number of nitrogens with zero attached hydrogens (tertiary/aromatic N) is 1. The number of halogens is 2. The average Bonchev–Trinajstić information content (AvgIpc) is 1.80. The van der Waals surface area contributed by atoms with Crippen LogP contribution in [0.15, 0.2) is 0 Å². The highest BCUT2D eigenvalue weighted by Gasteiger charge is 2.23. The zero-order chi connectivity index (χ0) is 6.85. The van der Waals surface area contributed by atoms with Gasteiger partial charge in [0.05, 0.1) is 6.10 Å². The molecular formula is C5H9Br2NO. The first-order chi connectivity index (χ1) is 4.20. The van der Waals surface area contributed by atoms with Crippen molar-refractivity contribution in [1.29, 1.82) is 0 Å². The number of rotatable bonds is 0. The molecule has 2 nitrogen and oxygen atoms in total. The molecular weight excluding hydrogens is 250 g/mol. The van der Waals surface area contributed by atoms with E-state index in [1.165, 1.54) is 0 Å². The van der Waals surface area contributed by atoms with Crippen molar-refractivity contribution < 1.29 is 5.11 Å². The first kappa shape index (κ1) is 7.98. The van der Waals surface area contributed by atoms with E-state index in [9.17, 15) is 5.11 Å². The third-order valence-corrected chi connectivity index (χ3v) is 3.16. The lowest BCUT2D eigenvalue weighted by molar-refractivity contribution is 0.124. The third kappa shape index (κ3) is 2.18. The molecule has 0 aliphatic carbocycles.